The van der Waals surface area contributed by atoms with E-state index in [9.17, 15) is 4.79 Å². The molecule has 0 saturated carbocycles. The van der Waals surface area contributed by atoms with Crippen LogP contribution in [0.3, 0.4) is 0 Å². The molecule has 0 bridgehead atoms. The Hall–Kier alpha value is -2.64. The van der Waals surface area contributed by atoms with Crippen molar-refractivity contribution in [2.45, 2.75) is 57.3 Å². The van der Waals surface area contributed by atoms with E-state index in [4.69, 9.17) is 0 Å². The van der Waals surface area contributed by atoms with Crippen molar-refractivity contribution in [2.75, 3.05) is 23.7 Å². The highest BCUT2D eigenvalue weighted by Gasteiger charge is 2.26. The number of carbonyl (C=O) groups excluding carboxylic acids is 1. The monoisotopic (exact) mass is 463 g/mol. The third-order valence-electron chi connectivity index (χ3n) is 6.13. The van der Waals surface area contributed by atoms with Gasteiger partial charge in [0.25, 0.3) is 0 Å². The maximum Gasteiger partial charge on any atom is 0.237 e. The SMILES string of the molecule is CC(c1nnc(SCC(=O)N(c2ccccc2)C(C)C)n1-c1ccccc1)N1CCCCC1. The first-order valence-corrected chi connectivity index (χ1v) is 12.8. The van der Waals surface area contributed by atoms with Gasteiger partial charge in [0.05, 0.1) is 11.8 Å². The van der Waals surface area contributed by atoms with Crippen LogP contribution in [0.15, 0.2) is 65.8 Å². The summed E-state index contributed by atoms with van der Waals surface area (Å²) in [6.45, 7) is 8.47. The number of carbonyl (C=O) groups is 1. The summed E-state index contributed by atoms with van der Waals surface area (Å²) < 4.78 is 2.12. The minimum absolute atomic E-state index is 0.0643. The average Bonchev–Trinajstić information content (AvgIpc) is 3.28. The third kappa shape index (κ3) is 5.47. The first-order chi connectivity index (χ1) is 16.1. The average molecular weight is 464 g/mol. The molecule has 0 radical (unpaired) electrons. The smallest absolute Gasteiger partial charge is 0.237 e. The maximum atomic E-state index is 13.2. The van der Waals surface area contributed by atoms with Crippen molar-refractivity contribution in [2.24, 2.45) is 0 Å². The molecule has 1 aliphatic heterocycles. The fourth-order valence-corrected chi connectivity index (χ4v) is 5.27. The molecular formula is C26H33N5OS. The van der Waals surface area contributed by atoms with Crippen LogP contribution in [0.2, 0.25) is 0 Å². The summed E-state index contributed by atoms with van der Waals surface area (Å²) in [6, 6.07) is 20.3. The molecule has 1 aliphatic rings. The van der Waals surface area contributed by atoms with Gasteiger partial charge < -0.3 is 4.90 Å². The van der Waals surface area contributed by atoms with Crippen molar-refractivity contribution in [1.29, 1.82) is 0 Å². The predicted molar refractivity (Wildman–Crippen MR) is 135 cm³/mol. The van der Waals surface area contributed by atoms with Crippen molar-refractivity contribution in [3.05, 3.63) is 66.5 Å². The van der Waals surface area contributed by atoms with E-state index < -0.39 is 0 Å². The molecule has 0 aliphatic carbocycles. The van der Waals surface area contributed by atoms with E-state index in [0.29, 0.717) is 5.75 Å². The predicted octanol–water partition coefficient (Wildman–Crippen LogP) is 5.35. The van der Waals surface area contributed by atoms with E-state index in [0.717, 1.165) is 35.4 Å². The highest BCUT2D eigenvalue weighted by Crippen LogP contribution is 2.30. The molecule has 1 amide bonds. The van der Waals surface area contributed by atoms with E-state index in [1.165, 1.54) is 31.0 Å². The van der Waals surface area contributed by atoms with Crippen molar-refractivity contribution < 1.29 is 4.79 Å². The first kappa shape index (κ1) is 23.5. The number of amides is 1. The minimum Gasteiger partial charge on any atom is -0.309 e. The summed E-state index contributed by atoms with van der Waals surface area (Å²) in [5, 5.41) is 9.90. The number of piperidine rings is 1. The van der Waals surface area contributed by atoms with Crippen LogP contribution >= 0.6 is 11.8 Å². The molecule has 1 fully saturated rings. The van der Waals surface area contributed by atoms with E-state index in [-0.39, 0.29) is 18.0 Å². The topological polar surface area (TPSA) is 54.3 Å². The maximum absolute atomic E-state index is 13.2. The Balaban J connectivity index is 1.58. The van der Waals surface area contributed by atoms with Gasteiger partial charge in [-0.25, -0.2) is 0 Å². The summed E-state index contributed by atoms with van der Waals surface area (Å²) in [7, 11) is 0. The number of para-hydroxylation sites is 2. The van der Waals surface area contributed by atoms with Crippen molar-refractivity contribution in [3.8, 4) is 5.69 Å². The number of hydrogen-bond donors (Lipinski definition) is 0. The van der Waals surface area contributed by atoms with Crippen LogP contribution in [0.5, 0.6) is 0 Å². The summed E-state index contributed by atoms with van der Waals surface area (Å²) in [5.74, 6) is 1.30. The molecule has 4 rings (SSSR count). The second-order valence-electron chi connectivity index (χ2n) is 8.77. The Kier molecular flexibility index (Phi) is 7.83. The van der Waals surface area contributed by atoms with Gasteiger partial charge in [-0.15, -0.1) is 10.2 Å². The number of hydrogen-bond acceptors (Lipinski definition) is 5. The highest BCUT2D eigenvalue weighted by molar-refractivity contribution is 7.99. The van der Waals surface area contributed by atoms with Crippen LogP contribution in [0.25, 0.3) is 5.69 Å². The molecule has 6 nitrogen and oxygen atoms in total. The summed E-state index contributed by atoms with van der Waals surface area (Å²) in [5.41, 5.74) is 1.95. The third-order valence-corrected chi connectivity index (χ3v) is 7.04. The second kappa shape index (κ2) is 11.0. The molecule has 2 heterocycles. The summed E-state index contributed by atoms with van der Waals surface area (Å²) >= 11 is 1.45. The van der Waals surface area contributed by atoms with Crippen molar-refractivity contribution in [1.82, 2.24) is 19.7 Å². The van der Waals surface area contributed by atoms with Crippen molar-refractivity contribution in [3.63, 3.8) is 0 Å². The lowest BCUT2D eigenvalue weighted by molar-refractivity contribution is -0.116. The number of benzene rings is 2. The Morgan fingerprint density at radius 3 is 2.21 bits per heavy atom. The molecule has 33 heavy (non-hydrogen) atoms. The lowest BCUT2D eigenvalue weighted by Crippen LogP contribution is -2.38. The zero-order chi connectivity index (χ0) is 23.2. The first-order valence-electron chi connectivity index (χ1n) is 11.8. The lowest BCUT2D eigenvalue weighted by atomic mass is 10.1. The van der Waals surface area contributed by atoms with Gasteiger partial charge in [-0.2, -0.15) is 0 Å². The molecule has 0 N–H and O–H groups in total. The van der Waals surface area contributed by atoms with Crippen LogP contribution in [0.4, 0.5) is 5.69 Å². The fraction of sp³-hybridized carbons (Fsp3) is 0.423. The Labute approximate surface area is 201 Å². The molecule has 1 aromatic heterocycles. The number of nitrogens with zero attached hydrogens (tertiary/aromatic N) is 5. The van der Waals surface area contributed by atoms with Crippen LogP contribution in [0.1, 0.15) is 51.9 Å². The standard InChI is InChI=1S/C26H33N5OS/c1-20(2)30(22-13-7-4-8-14-22)24(32)19-33-26-28-27-25(21(3)29-17-11-6-12-18-29)31(26)23-15-9-5-10-16-23/h4-5,7-10,13-16,20-21H,6,11-12,17-19H2,1-3H3. The molecule has 1 unspecified atom stereocenters. The Morgan fingerprint density at radius 1 is 0.939 bits per heavy atom. The molecule has 0 spiro atoms. The Bertz CT molecular complexity index is 1030. The number of rotatable bonds is 8. The van der Waals surface area contributed by atoms with Gasteiger partial charge in [0.1, 0.15) is 0 Å². The molecule has 3 aromatic rings. The van der Waals surface area contributed by atoms with Crippen LogP contribution in [-0.4, -0.2) is 50.5 Å². The normalized spacial score (nSPS) is 15.5. The molecule has 1 atom stereocenters. The summed E-state index contributed by atoms with van der Waals surface area (Å²) in [6.07, 6.45) is 3.75. The van der Waals surface area contributed by atoms with Crippen LogP contribution in [-0.2, 0) is 4.79 Å². The zero-order valence-electron chi connectivity index (χ0n) is 19.7. The van der Waals surface area contributed by atoms with Gasteiger partial charge >= 0.3 is 0 Å². The summed E-state index contributed by atoms with van der Waals surface area (Å²) in [4.78, 5) is 17.6. The van der Waals surface area contributed by atoms with E-state index in [2.05, 4.69) is 38.7 Å². The van der Waals surface area contributed by atoms with Gasteiger partial charge in [-0.3, -0.25) is 14.3 Å². The lowest BCUT2D eigenvalue weighted by Gasteiger charge is -2.32. The van der Waals surface area contributed by atoms with E-state index in [1.807, 2.05) is 67.3 Å². The quantitative estimate of drug-likeness (QED) is 0.422. The number of thioether (sulfide) groups is 1. The number of aromatic nitrogens is 3. The van der Waals surface area contributed by atoms with Gasteiger partial charge in [-0.05, 0) is 71.0 Å². The molecule has 2 aromatic carbocycles. The van der Waals surface area contributed by atoms with Gasteiger partial charge in [0, 0.05) is 17.4 Å². The molecule has 1 saturated heterocycles. The van der Waals surface area contributed by atoms with E-state index in [1.54, 1.807) is 0 Å². The molecular weight excluding hydrogens is 430 g/mol. The fourth-order valence-electron chi connectivity index (χ4n) is 4.45. The number of anilines is 1. The second-order valence-corrected chi connectivity index (χ2v) is 9.71. The molecule has 7 heteroatoms. The van der Waals surface area contributed by atoms with Gasteiger partial charge in [-0.1, -0.05) is 54.6 Å². The zero-order valence-corrected chi connectivity index (χ0v) is 20.5. The molecule has 174 valence electrons. The largest absolute Gasteiger partial charge is 0.309 e. The minimum atomic E-state index is 0.0643. The Morgan fingerprint density at radius 2 is 1.58 bits per heavy atom. The van der Waals surface area contributed by atoms with Gasteiger partial charge in [0.2, 0.25) is 5.91 Å². The van der Waals surface area contributed by atoms with Gasteiger partial charge in [0.15, 0.2) is 11.0 Å². The van der Waals surface area contributed by atoms with E-state index >= 15 is 0 Å². The van der Waals surface area contributed by atoms with Crippen LogP contribution in [0, 0.1) is 0 Å². The number of likely N-dealkylation sites (tertiary alicyclic amines) is 1. The van der Waals surface area contributed by atoms with Crippen molar-refractivity contribution >= 4 is 23.4 Å². The van der Waals surface area contributed by atoms with Crippen LogP contribution < -0.4 is 4.90 Å². The highest BCUT2D eigenvalue weighted by atomic mass is 32.2.